The van der Waals surface area contributed by atoms with Gasteiger partial charge in [0, 0.05) is 42.6 Å². The second-order valence-electron chi connectivity index (χ2n) is 10.4. The molecule has 0 bridgehead atoms. The topological polar surface area (TPSA) is 110 Å². The molecule has 3 N–H and O–H groups in total. The molecule has 9 heteroatoms. The molecule has 3 atom stereocenters. The molecule has 1 aliphatic heterocycles. The van der Waals surface area contributed by atoms with E-state index >= 15 is 0 Å². The number of aromatic nitrogens is 4. The van der Waals surface area contributed by atoms with Gasteiger partial charge >= 0.3 is 0 Å². The van der Waals surface area contributed by atoms with Crippen molar-refractivity contribution in [2.45, 2.75) is 45.8 Å². The molecule has 3 aliphatic rings. The summed E-state index contributed by atoms with van der Waals surface area (Å²) in [5.41, 5.74) is 6.72. The van der Waals surface area contributed by atoms with Gasteiger partial charge in [0.15, 0.2) is 5.82 Å². The monoisotopic (exact) mass is 464 g/mol. The number of ether oxygens (including phenoxy) is 1. The molecule has 0 radical (unpaired) electrons. The van der Waals surface area contributed by atoms with Crippen LogP contribution < -0.4 is 4.90 Å². The highest BCUT2D eigenvalue weighted by Gasteiger charge is 2.53. The summed E-state index contributed by atoms with van der Waals surface area (Å²) in [5.74, 6) is 1.45. The molecule has 180 valence electrons. The molecule has 1 amide bonds. The van der Waals surface area contributed by atoms with Gasteiger partial charge in [0.1, 0.15) is 5.69 Å². The number of aliphatic hydroxyl groups excluding tert-OH is 1. The van der Waals surface area contributed by atoms with E-state index in [0.717, 1.165) is 54.3 Å². The number of anilines is 1. The normalized spacial score (nSPS) is 25.1. The van der Waals surface area contributed by atoms with E-state index in [1.165, 1.54) is 17.7 Å². The average molecular weight is 465 g/mol. The lowest BCUT2D eigenvalue weighted by Crippen LogP contribution is -2.50. The summed E-state index contributed by atoms with van der Waals surface area (Å²) in [6.07, 6.45) is 3.35. The van der Waals surface area contributed by atoms with E-state index in [4.69, 9.17) is 9.72 Å². The number of fused-ring (bicyclic) bond motifs is 3. The fraction of sp³-hybridized carbons (Fsp3) is 0.560. The van der Waals surface area contributed by atoms with Gasteiger partial charge in [-0.1, -0.05) is 6.92 Å². The number of rotatable bonds is 5. The number of carbonyl (C=O) groups excluding carboxylic acids is 1. The Kier molecular flexibility index (Phi) is 5.05. The summed E-state index contributed by atoms with van der Waals surface area (Å²) < 4.78 is 5.42. The predicted octanol–water partition coefficient (Wildman–Crippen LogP) is 2.25. The maximum atomic E-state index is 13.2. The van der Waals surface area contributed by atoms with Crippen LogP contribution in [0.5, 0.6) is 0 Å². The van der Waals surface area contributed by atoms with Gasteiger partial charge in [-0.25, -0.2) is 4.98 Å². The number of likely N-dealkylation sites (N-methyl/N-ethyl adjacent to an activating group) is 1. The van der Waals surface area contributed by atoms with Crippen molar-refractivity contribution in [2.24, 2.45) is 11.3 Å². The first kappa shape index (κ1) is 21.8. The number of hydrogen-bond donors (Lipinski definition) is 3. The Labute approximate surface area is 198 Å². The van der Waals surface area contributed by atoms with Crippen molar-refractivity contribution in [2.75, 3.05) is 38.3 Å². The van der Waals surface area contributed by atoms with E-state index in [9.17, 15) is 9.90 Å². The highest BCUT2D eigenvalue weighted by atomic mass is 16.5. The molecule has 0 spiro atoms. The van der Waals surface area contributed by atoms with Crippen LogP contribution in [0.1, 0.15) is 37.1 Å². The molecule has 2 aromatic heterocycles. The van der Waals surface area contributed by atoms with Crippen molar-refractivity contribution >= 4 is 22.6 Å². The minimum atomic E-state index is -0.249. The molecule has 1 saturated carbocycles. The van der Waals surface area contributed by atoms with Crippen molar-refractivity contribution < 1.29 is 14.6 Å². The number of nitrogens with zero attached hydrogens (tertiary/aromatic N) is 4. The van der Waals surface area contributed by atoms with Crippen LogP contribution in [0, 0.1) is 11.3 Å². The molecular formula is C25H32N6O3. The summed E-state index contributed by atoms with van der Waals surface area (Å²) in [6.45, 7) is 6.94. The van der Waals surface area contributed by atoms with Gasteiger partial charge in [0.2, 0.25) is 5.91 Å². The number of hydrogen-bond acceptors (Lipinski definition) is 6. The number of aromatic amines is 2. The lowest BCUT2D eigenvalue weighted by Gasteiger charge is -2.33. The van der Waals surface area contributed by atoms with Crippen LogP contribution in [0.2, 0.25) is 0 Å². The fourth-order valence-corrected chi connectivity index (χ4v) is 5.78. The van der Waals surface area contributed by atoms with Crippen molar-refractivity contribution in [1.29, 1.82) is 0 Å². The number of H-pyrrole nitrogens is 2. The Bertz CT molecular complexity index is 1260. The highest BCUT2D eigenvalue weighted by Crippen LogP contribution is 2.59. The van der Waals surface area contributed by atoms with Gasteiger partial charge in [0.25, 0.3) is 0 Å². The molecule has 2 fully saturated rings. The van der Waals surface area contributed by atoms with E-state index in [0.29, 0.717) is 30.0 Å². The fourth-order valence-electron chi connectivity index (χ4n) is 5.78. The van der Waals surface area contributed by atoms with Crippen molar-refractivity contribution in [3.8, 4) is 11.5 Å². The van der Waals surface area contributed by atoms with E-state index < -0.39 is 0 Å². The third kappa shape index (κ3) is 3.45. The standard InChI is InChI=1S/C25H32N6O3/c1-14(31-4-6-34-7-5-31)24(33)30(3)17-8-15(13-32)21-19(10-17)26-23(27-21)22-18-9-16-11-25(16,2)12-20(18)28-29-22/h8,10,14,16,32H,4-7,9,11-13H2,1-3H3,(H,26,27)(H,28,29)/t14?,16-,25-/m1/s1. The number of benzene rings is 1. The molecular weight excluding hydrogens is 432 g/mol. The number of carbonyl (C=O) groups is 1. The largest absolute Gasteiger partial charge is 0.392 e. The molecule has 1 saturated heterocycles. The van der Waals surface area contributed by atoms with E-state index in [1.54, 1.807) is 11.9 Å². The summed E-state index contributed by atoms with van der Waals surface area (Å²) >= 11 is 0. The van der Waals surface area contributed by atoms with Crippen molar-refractivity contribution in [3.05, 3.63) is 29.0 Å². The van der Waals surface area contributed by atoms with Crippen LogP contribution in [-0.4, -0.2) is 75.5 Å². The Hall–Kier alpha value is -2.75. The van der Waals surface area contributed by atoms with E-state index in [-0.39, 0.29) is 18.6 Å². The number of aliphatic hydroxyl groups is 1. The van der Waals surface area contributed by atoms with Crippen LogP contribution in [0.15, 0.2) is 12.1 Å². The quantitative estimate of drug-likeness (QED) is 0.534. The zero-order valence-electron chi connectivity index (χ0n) is 20.0. The second kappa shape index (κ2) is 7.90. The number of imidazole rings is 1. The minimum absolute atomic E-state index is 0.00903. The maximum absolute atomic E-state index is 13.2. The summed E-state index contributed by atoms with van der Waals surface area (Å²) in [6, 6.07) is 3.53. The molecule has 1 aromatic carbocycles. The third-order valence-electron chi connectivity index (χ3n) is 8.25. The lowest BCUT2D eigenvalue weighted by atomic mass is 9.88. The van der Waals surface area contributed by atoms with Crippen LogP contribution in [-0.2, 0) is 29.0 Å². The maximum Gasteiger partial charge on any atom is 0.243 e. The molecule has 3 aromatic rings. The summed E-state index contributed by atoms with van der Waals surface area (Å²) in [4.78, 5) is 25.3. The number of morpholine rings is 1. The van der Waals surface area contributed by atoms with Crippen LogP contribution in [0.4, 0.5) is 5.69 Å². The minimum Gasteiger partial charge on any atom is -0.392 e. The molecule has 1 unspecified atom stereocenters. The van der Waals surface area contributed by atoms with Gasteiger partial charge < -0.3 is 19.7 Å². The molecule has 2 aliphatic carbocycles. The van der Waals surface area contributed by atoms with Crippen LogP contribution in [0.3, 0.4) is 0 Å². The van der Waals surface area contributed by atoms with E-state index in [1.807, 2.05) is 19.1 Å². The van der Waals surface area contributed by atoms with E-state index in [2.05, 4.69) is 27.0 Å². The van der Waals surface area contributed by atoms with Crippen LogP contribution in [0.25, 0.3) is 22.6 Å². The number of amides is 1. The van der Waals surface area contributed by atoms with Gasteiger partial charge in [-0.3, -0.25) is 14.8 Å². The molecule has 34 heavy (non-hydrogen) atoms. The highest BCUT2D eigenvalue weighted by molar-refractivity contribution is 5.98. The first-order chi connectivity index (χ1) is 16.4. The van der Waals surface area contributed by atoms with Gasteiger partial charge in [0.05, 0.1) is 36.9 Å². The first-order valence-corrected chi connectivity index (χ1v) is 12.2. The van der Waals surface area contributed by atoms with Gasteiger partial charge in [-0.05, 0) is 49.7 Å². The third-order valence-corrected chi connectivity index (χ3v) is 8.25. The van der Waals surface area contributed by atoms with Gasteiger partial charge in [-0.2, -0.15) is 5.10 Å². The Morgan fingerprint density at radius 1 is 1.38 bits per heavy atom. The molecule has 6 rings (SSSR count). The lowest BCUT2D eigenvalue weighted by molar-refractivity contribution is -0.124. The predicted molar refractivity (Wildman–Crippen MR) is 128 cm³/mol. The van der Waals surface area contributed by atoms with Gasteiger partial charge in [-0.15, -0.1) is 0 Å². The zero-order valence-corrected chi connectivity index (χ0v) is 20.0. The Morgan fingerprint density at radius 3 is 2.94 bits per heavy atom. The molecule has 3 heterocycles. The van der Waals surface area contributed by atoms with Crippen molar-refractivity contribution in [1.82, 2.24) is 25.1 Å². The summed E-state index contributed by atoms with van der Waals surface area (Å²) in [5, 5.41) is 17.9. The second-order valence-corrected chi connectivity index (χ2v) is 10.4. The van der Waals surface area contributed by atoms with Crippen molar-refractivity contribution in [3.63, 3.8) is 0 Å². The first-order valence-electron chi connectivity index (χ1n) is 12.2. The number of nitrogens with one attached hydrogen (secondary N) is 2. The Balaban J connectivity index is 1.32. The SMILES string of the molecule is CC(C(=O)N(C)c1cc(CO)c2[nH]c(-c3n[nH]c4c3C[C@@H]3C[C@]3(C)C4)nc2c1)N1CCOCC1. The molecule has 9 nitrogen and oxygen atoms in total. The summed E-state index contributed by atoms with van der Waals surface area (Å²) in [7, 11) is 1.78. The Morgan fingerprint density at radius 2 is 2.18 bits per heavy atom. The zero-order chi connectivity index (χ0) is 23.6. The smallest absolute Gasteiger partial charge is 0.243 e. The van der Waals surface area contributed by atoms with Crippen LogP contribution >= 0.6 is 0 Å². The average Bonchev–Trinajstić information content (AvgIpc) is 3.15.